The third kappa shape index (κ3) is 7.44. The van der Waals surface area contributed by atoms with E-state index in [-0.39, 0.29) is 12.3 Å². The van der Waals surface area contributed by atoms with E-state index in [1.807, 2.05) is 30.3 Å². The molecule has 0 radical (unpaired) electrons. The van der Waals surface area contributed by atoms with E-state index in [0.717, 1.165) is 62.0 Å². The molecule has 1 N–H and O–H groups in total. The van der Waals surface area contributed by atoms with Crippen LogP contribution in [0.1, 0.15) is 55.8 Å². The summed E-state index contributed by atoms with van der Waals surface area (Å²) in [5.74, 6) is 1.39. The molecular formula is C31H39FN2O4. The van der Waals surface area contributed by atoms with E-state index in [2.05, 4.69) is 22.0 Å². The van der Waals surface area contributed by atoms with Crippen LogP contribution < -0.4 is 9.47 Å². The van der Waals surface area contributed by atoms with E-state index in [1.54, 1.807) is 26.5 Å². The molecule has 1 aliphatic heterocycles. The van der Waals surface area contributed by atoms with Gasteiger partial charge >= 0.3 is 5.97 Å². The van der Waals surface area contributed by atoms with E-state index >= 15 is 4.39 Å². The number of methoxy groups -OCH3 is 2. The fourth-order valence-corrected chi connectivity index (χ4v) is 5.77. The maximum Gasteiger partial charge on any atom is 0.303 e. The Labute approximate surface area is 224 Å². The topological polar surface area (TPSA) is 71.9 Å². The van der Waals surface area contributed by atoms with Crippen molar-refractivity contribution in [1.29, 1.82) is 0 Å². The van der Waals surface area contributed by atoms with Crippen LogP contribution in [0.15, 0.2) is 54.7 Å². The fraction of sp³-hybridized carbons (Fsp3) is 0.484. The van der Waals surface area contributed by atoms with Gasteiger partial charge in [-0.1, -0.05) is 12.1 Å². The number of aryl methyl sites for hydroxylation is 1. The number of piperidine rings is 1. The molecule has 0 unspecified atom stereocenters. The molecule has 204 valence electrons. The first kappa shape index (κ1) is 27.8. The van der Waals surface area contributed by atoms with E-state index in [0.29, 0.717) is 30.1 Å². The zero-order chi connectivity index (χ0) is 26.9. The lowest BCUT2D eigenvalue weighted by Crippen LogP contribution is -2.41. The van der Waals surface area contributed by atoms with Gasteiger partial charge < -0.3 is 19.5 Å². The first-order valence-corrected chi connectivity index (χ1v) is 13.6. The van der Waals surface area contributed by atoms with Crippen LogP contribution in [0.2, 0.25) is 0 Å². The van der Waals surface area contributed by atoms with Crippen molar-refractivity contribution in [3.63, 3.8) is 0 Å². The van der Waals surface area contributed by atoms with Crippen molar-refractivity contribution >= 4 is 16.9 Å². The van der Waals surface area contributed by atoms with Crippen molar-refractivity contribution in [3.8, 4) is 11.5 Å². The predicted octanol–water partition coefficient (Wildman–Crippen LogP) is 6.48. The van der Waals surface area contributed by atoms with Crippen LogP contribution in [0.25, 0.3) is 10.9 Å². The second-order valence-corrected chi connectivity index (χ2v) is 10.3. The van der Waals surface area contributed by atoms with Crippen molar-refractivity contribution in [2.75, 3.05) is 33.9 Å². The highest BCUT2D eigenvalue weighted by Gasteiger charge is 2.30. The number of benzene rings is 2. The van der Waals surface area contributed by atoms with Crippen LogP contribution >= 0.6 is 0 Å². The highest BCUT2D eigenvalue weighted by molar-refractivity contribution is 5.83. The number of likely N-dealkylation sites (tertiary alicyclic amines) is 1. The quantitative estimate of drug-likeness (QED) is 0.277. The summed E-state index contributed by atoms with van der Waals surface area (Å²) in [6, 6.07) is 15.5. The molecule has 3 aromatic rings. The highest BCUT2D eigenvalue weighted by Crippen LogP contribution is 2.36. The van der Waals surface area contributed by atoms with Crippen molar-refractivity contribution in [2.45, 2.75) is 51.1 Å². The number of carboxylic acids is 1. The van der Waals surface area contributed by atoms with E-state index in [1.165, 1.54) is 5.56 Å². The predicted molar refractivity (Wildman–Crippen MR) is 148 cm³/mol. The first-order chi connectivity index (χ1) is 18.5. The molecule has 6 nitrogen and oxygen atoms in total. The molecule has 7 heteroatoms. The SMILES string of the molecule is COc1cccc(CCCN2CC[C@@H](CC[C@@H](F)c3ccnc4ccc(OC)cc34)[C@H](CCC(=O)O)C2)c1. The maximum absolute atomic E-state index is 15.6. The van der Waals surface area contributed by atoms with Crippen molar-refractivity contribution in [2.24, 2.45) is 11.8 Å². The van der Waals surface area contributed by atoms with Gasteiger partial charge in [0, 0.05) is 24.5 Å². The molecule has 2 aromatic carbocycles. The monoisotopic (exact) mass is 522 g/mol. The van der Waals surface area contributed by atoms with Gasteiger partial charge in [-0.3, -0.25) is 9.78 Å². The van der Waals surface area contributed by atoms with E-state index < -0.39 is 12.1 Å². The summed E-state index contributed by atoms with van der Waals surface area (Å²) in [6.45, 7) is 2.82. The lowest BCUT2D eigenvalue weighted by atomic mass is 9.79. The number of rotatable bonds is 13. The molecular weight excluding hydrogens is 483 g/mol. The van der Waals surface area contributed by atoms with Crippen molar-refractivity contribution in [3.05, 3.63) is 65.9 Å². The average Bonchev–Trinajstić information content (AvgIpc) is 2.94. The van der Waals surface area contributed by atoms with Gasteiger partial charge in [0.15, 0.2) is 0 Å². The molecule has 3 atom stereocenters. The molecule has 2 heterocycles. The summed E-state index contributed by atoms with van der Waals surface area (Å²) in [4.78, 5) is 18.2. The van der Waals surface area contributed by atoms with Gasteiger partial charge in [-0.2, -0.15) is 0 Å². The molecule has 0 bridgehead atoms. The summed E-state index contributed by atoms with van der Waals surface area (Å²) in [7, 11) is 3.29. The van der Waals surface area contributed by atoms with Gasteiger partial charge in [0.2, 0.25) is 0 Å². The van der Waals surface area contributed by atoms with E-state index in [9.17, 15) is 9.90 Å². The average molecular weight is 523 g/mol. The largest absolute Gasteiger partial charge is 0.497 e. The Morgan fingerprint density at radius 2 is 1.92 bits per heavy atom. The second-order valence-electron chi connectivity index (χ2n) is 10.3. The Kier molecular flexibility index (Phi) is 9.93. The van der Waals surface area contributed by atoms with Gasteiger partial charge in [-0.05, 0) is 111 Å². The lowest BCUT2D eigenvalue weighted by molar-refractivity contribution is -0.137. The number of nitrogens with zero attached hydrogens (tertiary/aromatic N) is 2. The van der Waals surface area contributed by atoms with Crippen molar-refractivity contribution in [1.82, 2.24) is 9.88 Å². The molecule has 4 rings (SSSR count). The Balaban J connectivity index is 1.34. The molecule has 0 saturated carbocycles. The molecule has 0 spiro atoms. The molecule has 0 amide bonds. The molecule has 38 heavy (non-hydrogen) atoms. The summed E-state index contributed by atoms with van der Waals surface area (Å²) < 4.78 is 26.2. The Hall–Kier alpha value is -3.19. The second kappa shape index (κ2) is 13.6. The Morgan fingerprint density at radius 3 is 2.71 bits per heavy atom. The number of pyridine rings is 1. The zero-order valence-corrected chi connectivity index (χ0v) is 22.4. The molecule has 1 aromatic heterocycles. The summed E-state index contributed by atoms with van der Waals surface area (Å²) in [6.07, 6.45) is 5.51. The van der Waals surface area contributed by atoms with Crippen LogP contribution in [0.5, 0.6) is 11.5 Å². The van der Waals surface area contributed by atoms with Gasteiger partial charge in [-0.15, -0.1) is 0 Å². The van der Waals surface area contributed by atoms with Crippen LogP contribution in [0.3, 0.4) is 0 Å². The zero-order valence-electron chi connectivity index (χ0n) is 22.4. The van der Waals surface area contributed by atoms with Gasteiger partial charge in [0.25, 0.3) is 0 Å². The number of hydrogen-bond acceptors (Lipinski definition) is 5. The van der Waals surface area contributed by atoms with Gasteiger partial charge in [0.1, 0.15) is 17.7 Å². The standard InChI is InChI=1S/C31H39FN2O4/c1-37-25-7-3-5-22(19-25)6-4-17-34-18-15-23(24(21-34)9-13-31(35)36)8-11-29(32)27-14-16-33-30-12-10-26(38-2)20-28(27)30/h3,5,7,10,12,14,16,19-20,23-24,29H,4,6,8-9,11,13,15,17-18,21H2,1-2H3,(H,35,36)/t23-,24-,29-/m1/s1. The summed E-state index contributed by atoms with van der Waals surface area (Å²) in [5.41, 5.74) is 2.66. The third-order valence-electron chi connectivity index (χ3n) is 7.89. The van der Waals surface area contributed by atoms with Crippen LogP contribution in [0, 0.1) is 11.8 Å². The normalized spacial score (nSPS) is 18.8. The van der Waals surface area contributed by atoms with Crippen LogP contribution in [-0.4, -0.2) is 54.8 Å². The van der Waals surface area contributed by atoms with Crippen LogP contribution in [0.4, 0.5) is 4.39 Å². The lowest BCUT2D eigenvalue weighted by Gasteiger charge is -2.39. The number of fused-ring (bicyclic) bond motifs is 1. The summed E-state index contributed by atoms with van der Waals surface area (Å²) in [5, 5.41) is 10.1. The number of carbonyl (C=O) groups is 1. The maximum atomic E-state index is 15.6. The van der Waals surface area contributed by atoms with E-state index in [4.69, 9.17) is 9.47 Å². The Bertz CT molecular complexity index is 1200. The number of halogens is 1. The number of aromatic nitrogens is 1. The number of aliphatic carboxylic acids is 1. The minimum Gasteiger partial charge on any atom is -0.497 e. The molecule has 1 fully saturated rings. The van der Waals surface area contributed by atoms with Crippen molar-refractivity contribution < 1.29 is 23.8 Å². The minimum absolute atomic E-state index is 0.159. The number of hydrogen-bond donors (Lipinski definition) is 1. The number of ether oxygens (including phenoxy) is 2. The third-order valence-corrected chi connectivity index (χ3v) is 7.89. The fourth-order valence-electron chi connectivity index (χ4n) is 5.77. The van der Waals surface area contributed by atoms with Gasteiger partial charge in [0.05, 0.1) is 19.7 Å². The molecule has 1 saturated heterocycles. The molecule has 1 aliphatic rings. The number of carboxylic acid groups (broad SMARTS) is 1. The smallest absolute Gasteiger partial charge is 0.303 e. The Morgan fingerprint density at radius 1 is 1.11 bits per heavy atom. The highest BCUT2D eigenvalue weighted by atomic mass is 19.1. The van der Waals surface area contributed by atoms with Gasteiger partial charge in [-0.25, -0.2) is 4.39 Å². The number of alkyl halides is 1. The van der Waals surface area contributed by atoms with Crippen LogP contribution in [-0.2, 0) is 11.2 Å². The summed E-state index contributed by atoms with van der Waals surface area (Å²) >= 11 is 0. The first-order valence-electron chi connectivity index (χ1n) is 13.6. The molecule has 0 aliphatic carbocycles. The minimum atomic E-state index is -1.10.